The minimum Gasteiger partial charge on any atom is -0.383 e. The van der Waals surface area contributed by atoms with Gasteiger partial charge in [0, 0.05) is 11.8 Å². The molecule has 0 spiro atoms. The zero-order valence-corrected chi connectivity index (χ0v) is 7.90. The molecule has 0 aliphatic rings. The smallest absolute Gasteiger partial charge is 0.265 e. The van der Waals surface area contributed by atoms with Gasteiger partial charge in [0.05, 0.1) is 4.47 Å². The average molecular weight is 237 g/mol. The second-order valence-corrected chi connectivity index (χ2v) is 3.13. The number of nitrogen functional groups attached to an aromatic ring is 1. The monoisotopic (exact) mass is 236 g/mol. The van der Waals surface area contributed by atoms with Crippen molar-refractivity contribution in [3.63, 3.8) is 0 Å². The maximum Gasteiger partial charge on any atom is 0.265 e. The Morgan fingerprint density at radius 3 is 2.67 bits per heavy atom. The Morgan fingerprint density at radius 1 is 1.58 bits per heavy atom. The Labute approximate surface area is 76.9 Å². The van der Waals surface area contributed by atoms with Gasteiger partial charge >= 0.3 is 0 Å². The minimum atomic E-state index is -2.51. The van der Waals surface area contributed by atoms with Crippen molar-refractivity contribution in [2.75, 3.05) is 5.73 Å². The highest BCUT2D eigenvalue weighted by Gasteiger charge is 2.14. The fourth-order valence-corrected chi connectivity index (χ4v) is 1.16. The van der Waals surface area contributed by atoms with E-state index < -0.39 is 6.43 Å². The third-order valence-corrected chi connectivity index (χ3v) is 2.57. The van der Waals surface area contributed by atoms with Crippen molar-refractivity contribution in [3.8, 4) is 0 Å². The Balaban J connectivity index is 3.27. The van der Waals surface area contributed by atoms with E-state index in [9.17, 15) is 8.78 Å². The van der Waals surface area contributed by atoms with Crippen molar-refractivity contribution in [2.45, 2.75) is 13.3 Å². The lowest BCUT2D eigenvalue weighted by molar-refractivity contribution is 0.150. The molecule has 0 saturated carbocycles. The Bertz CT molecular complexity index is 302. The molecule has 1 aromatic heterocycles. The zero-order chi connectivity index (χ0) is 9.30. The van der Waals surface area contributed by atoms with Crippen molar-refractivity contribution in [3.05, 3.63) is 21.8 Å². The van der Waals surface area contributed by atoms with E-state index in [1.54, 1.807) is 6.92 Å². The third-order valence-electron chi connectivity index (χ3n) is 1.56. The minimum absolute atomic E-state index is 0.0870. The van der Waals surface area contributed by atoms with E-state index in [1.165, 1.54) is 0 Å². The van der Waals surface area contributed by atoms with Gasteiger partial charge in [-0.3, -0.25) is 0 Å². The van der Waals surface area contributed by atoms with Gasteiger partial charge in [0.15, 0.2) is 0 Å². The molecule has 0 bridgehead atoms. The molecule has 0 saturated heterocycles. The summed E-state index contributed by atoms with van der Waals surface area (Å²) in [6.07, 6.45) is -1.41. The first-order valence-electron chi connectivity index (χ1n) is 3.22. The van der Waals surface area contributed by atoms with E-state index in [-0.39, 0.29) is 11.4 Å². The van der Waals surface area contributed by atoms with Gasteiger partial charge in [-0.15, -0.1) is 0 Å². The van der Waals surface area contributed by atoms with Crippen LogP contribution in [0.5, 0.6) is 0 Å². The molecule has 12 heavy (non-hydrogen) atoms. The number of anilines is 1. The average Bonchev–Trinajstić information content (AvgIpc) is 2.00. The number of alkyl halides is 2. The fraction of sp³-hybridized carbons (Fsp3) is 0.286. The van der Waals surface area contributed by atoms with Crippen molar-refractivity contribution in [2.24, 2.45) is 0 Å². The quantitative estimate of drug-likeness (QED) is 0.815. The van der Waals surface area contributed by atoms with Gasteiger partial charge < -0.3 is 5.73 Å². The van der Waals surface area contributed by atoms with Gasteiger partial charge in [0.2, 0.25) is 0 Å². The summed E-state index contributed by atoms with van der Waals surface area (Å²) in [6.45, 7) is 1.57. The molecule has 0 aliphatic heterocycles. The molecule has 0 aromatic carbocycles. The molecular formula is C7H7BrF2N2. The van der Waals surface area contributed by atoms with Crippen molar-refractivity contribution in [1.82, 2.24) is 4.98 Å². The van der Waals surface area contributed by atoms with Crippen molar-refractivity contribution >= 4 is 21.7 Å². The molecule has 0 aliphatic carbocycles. The van der Waals surface area contributed by atoms with Gasteiger partial charge in [-0.25, -0.2) is 13.8 Å². The summed E-state index contributed by atoms with van der Waals surface area (Å²) in [6, 6.07) is 0. The number of aromatic nitrogens is 1. The molecule has 5 heteroatoms. The lowest BCUT2D eigenvalue weighted by Crippen LogP contribution is -1.98. The van der Waals surface area contributed by atoms with Gasteiger partial charge in [-0.1, -0.05) is 0 Å². The highest BCUT2D eigenvalue weighted by molar-refractivity contribution is 9.10. The van der Waals surface area contributed by atoms with Gasteiger partial charge in [0.25, 0.3) is 6.43 Å². The van der Waals surface area contributed by atoms with Crippen LogP contribution in [0.3, 0.4) is 0 Å². The summed E-state index contributed by atoms with van der Waals surface area (Å²) in [7, 11) is 0. The van der Waals surface area contributed by atoms with Crippen LogP contribution in [0.15, 0.2) is 10.7 Å². The molecule has 0 unspecified atom stereocenters. The van der Waals surface area contributed by atoms with Gasteiger partial charge in [0.1, 0.15) is 5.82 Å². The first-order chi connectivity index (χ1) is 5.54. The summed E-state index contributed by atoms with van der Waals surface area (Å²) < 4.78 is 24.9. The Kier molecular flexibility index (Phi) is 2.62. The Hall–Kier alpha value is -0.710. The number of hydrogen-bond acceptors (Lipinski definition) is 2. The number of nitrogens with zero attached hydrogens (tertiary/aromatic N) is 1. The van der Waals surface area contributed by atoms with Crippen molar-refractivity contribution < 1.29 is 8.78 Å². The number of hydrogen-bond donors (Lipinski definition) is 1. The lowest BCUT2D eigenvalue weighted by Gasteiger charge is -2.07. The normalized spacial score (nSPS) is 10.8. The highest BCUT2D eigenvalue weighted by atomic mass is 79.9. The van der Waals surface area contributed by atoms with E-state index in [2.05, 4.69) is 20.9 Å². The molecule has 0 amide bonds. The largest absolute Gasteiger partial charge is 0.383 e. The summed E-state index contributed by atoms with van der Waals surface area (Å²) in [5.74, 6) is 0.233. The Morgan fingerprint density at radius 2 is 2.17 bits per heavy atom. The molecule has 1 aromatic rings. The summed E-state index contributed by atoms with van der Waals surface area (Å²) in [4.78, 5) is 3.61. The predicted octanol–water partition coefficient (Wildman–Crippen LogP) is 2.67. The number of nitrogens with two attached hydrogens (primary N) is 1. The van der Waals surface area contributed by atoms with E-state index in [4.69, 9.17) is 5.73 Å². The van der Waals surface area contributed by atoms with Gasteiger partial charge in [-0.05, 0) is 28.4 Å². The molecule has 0 atom stereocenters. The van der Waals surface area contributed by atoms with Crippen LogP contribution in [0.4, 0.5) is 14.6 Å². The number of pyridine rings is 1. The molecule has 1 rings (SSSR count). The number of halogens is 3. The fourth-order valence-electron chi connectivity index (χ4n) is 0.831. The van der Waals surface area contributed by atoms with Crippen LogP contribution in [0.2, 0.25) is 0 Å². The molecule has 2 N–H and O–H groups in total. The molecule has 66 valence electrons. The van der Waals surface area contributed by atoms with Crippen molar-refractivity contribution in [1.29, 1.82) is 0 Å². The highest BCUT2D eigenvalue weighted by Crippen LogP contribution is 2.29. The first-order valence-corrected chi connectivity index (χ1v) is 4.02. The predicted molar refractivity (Wildman–Crippen MR) is 46.0 cm³/mol. The third kappa shape index (κ3) is 1.55. The molecule has 0 fully saturated rings. The van der Waals surface area contributed by atoms with E-state index >= 15 is 0 Å². The molecule has 2 nitrogen and oxygen atoms in total. The summed E-state index contributed by atoms with van der Waals surface area (Å²) >= 11 is 3.08. The second kappa shape index (κ2) is 3.35. The molecule has 0 radical (unpaired) electrons. The van der Waals surface area contributed by atoms with E-state index in [1.807, 2.05) is 0 Å². The van der Waals surface area contributed by atoms with Crippen LogP contribution in [0, 0.1) is 6.92 Å². The summed E-state index contributed by atoms with van der Waals surface area (Å²) in [5, 5.41) is 0. The van der Waals surface area contributed by atoms with Crippen LogP contribution >= 0.6 is 15.9 Å². The van der Waals surface area contributed by atoms with E-state index in [0.29, 0.717) is 10.0 Å². The SMILES string of the molecule is Cc1c(C(F)F)cnc(N)c1Br. The maximum atomic E-state index is 12.2. The van der Waals surface area contributed by atoms with Crippen LogP contribution in [0.25, 0.3) is 0 Å². The second-order valence-electron chi connectivity index (χ2n) is 2.34. The summed E-state index contributed by atoms with van der Waals surface area (Å²) in [5.41, 5.74) is 5.74. The topological polar surface area (TPSA) is 38.9 Å². The van der Waals surface area contributed by atoms with Crippen LogP contribution in [0.1, 0.15) is 17.6 Å². The lowest BCUT2D eigenvalue weighted by atomic mass is 10.2. The standard InChI is InChI=1S/C7H7BrF2N2/c1-3-4(6(9)10)2-12-7(11)5(3)8/h2,6H,1H3,(H2,11,12). The zero-order valence-electron chi connectivity index (χ0n) is 6.31. The van der Waals surface area contributed by atoms with E-state index in [0.717, 1.165) is 6.20 Å². The molecular weight excluding hydrogens is 230 g/mol. The van der Waals surface area contributed by atoms with Crippen LogP contribution < -0.4 is 5.73 Å². The first kappa shape index (κ1) is 9.38. The maximum absolute atomic E-state index is 12.2. The van der Waals surface area contributed by atoms with Gasteiger partial charge in [-0.2, -0.15) is 0 Å². The van der Waals surface area contributed by atoms with Crippen LogP contribution in [-0.2, 0) is 0 Å². The number of rotatable bonds is 1. The van der Waals surface area contributed by atoms with Crippen LogP contribution in [-0.4, -0.2) is 4.98 Å². The molecule has 1 heterocycles.